The maximum absolute atomic E-state index is 12.2. The molecule has 0 aliphatic rings. The van der Waals surface area contributed by atoms with Gasteiger partial charge in [0.15, 0.2) is 0 Å². The smallest absolute Gasteiger partial charge is 0.251 e. The van der Waals surface area contributed by atoms with Crippen molar-refractivity contribution in [2.45, 2.75) is 26.3 Å². The van der Waals surface area contributed by atoms with Gasteiger partial charge in [0.05, 0.1) is 6.61 Å². The summed E-state index contributed by atoms with van der Waals surface area (Å²) >= 11 is 0. The number of nitrogens with zero attached hydrogens (tertiary/aromatic N) is 1. The van der Waals surface area contributed by atoms with Crippen molar-refractivity contribution in [3.05, 3.63) is 59.7 Å². The normalized spacial score (nSPS) is 10.3. The van der Waals surface area contributed by atoms with Crippen molar-refractivity contribution in [3.8, 4) is 5.75 Å². The molecule has 128 valence electrons. The van der Waals surface area contributed by atoms with Crippen LogP contribution >= 0.6 is 0 Å². The third-order valence-electron chi connectivity index (χ3n) is 3.79. The van der Waals surface area contributed by atoms with Crippen molar-refractivity contribution in [3.63, 3.8) is 0 Å². The minimum atomic E-state index is -0.0770. The number of ether oxygens (including phenoxy) is 1. The summed E-state index contributed by atoms with van der Waals surface area (Å²) in [5.41, 5.74) is 2.86. The highest BCUT2D eigenvalue weighted by Crippen LogP contribution is 2.14. The molecule has 1 N–H and O–H groups in total. The summed E-state index contributed by atoms with van der Waals surface area (Å²) < 4.78 is 5.61. The second-order valence-electron chi connectivity index (χ2n) is 5.97. The van der Waals surface area contributed by atoms with Crippen molar-refractivity contribution in [2.75, 3.05) is 25.6 Å². The van der Waals surface area contributed by atoms with Gasteiger partial charge in [-0.1, -0.05) is 25.5 Å². The monoisotopic (exact) mass is 326 g/mol. The molecule has 2 aromatic carbocycles. The molecule has 4 heteroatoms. The molecule has 0 heterocycles. The van der Waals surface area contributed by atoms with Crippen LogP contribution in [0.1, 0.15) is 35.7 Å². The van der Waals surface area contributed by atoms with Gasteiger partial charge in [0.25, 0.3) is 5.91 Å². The first-order valence-corrected chi connectivity index (χ1v) is 8.37. The van der Waals surface area contributed by atoms with E-state index >= 15 is 0 Å². The third-order valence-corrected chi connectivity index (χ3v) is 3.79. The van der Waals surface area contributed by atoms with Gasteiger partial charge in [-0.25, -0.2) is 0 Å². The lowest BCUT2D eigenvalue weighted by Crippen LogP contribution is -2.22. The van der Waals surface area contributed by atoms with Crippen LogP contribution in [0.15, 0.2) is 48.5 Å². The number of rotatable bonds is 8. The SMILES string of the molecule is CCCCOc1ccc(C(=O)NCc2ccc(N(C)C)cc2)cc1. The van der Waals surface area contributed by atoms with E-state index in [1.54, 1.807) is 12.1 Å². The molecule has 0 fully saturated rings. The molecule has 0 bridgehead atoms. The molecular weight excluding hydrogens is 300 g/mol. The standard InChI is InChI=1S/C20H26N2O2/c1-4-5-14-24-19-12-8-17(9-13-19)20(23)21-15-16-6-10-18(11-7-16)22(2)3/h6-13H,4-5,14-15H2,1-3H3,(H,21,23). The summed E-state index contributed by atoms with van der Waals surface area (Å²) in [4.78, 5) is 14.3. The molecule has 0 aromatic heterocycles. The summed E-state index contributed by atoms with van der Waals surface area (Å²) in [7, 11) is 4.01. The molecule has 2 rings (SSSR count). The molecule has 0 aliphatic heterocycles. The average Bonchev–Trinajstić information content (AvgIpc) is 2.61. The van der Waals surface area contributed by atoms with Gasteiger partial charge in [0.2, 0.25) is 0 Å². The average molecular weight is 326 g/mol. The second-order valence-corrected chi connectivity index (χ2v) is 5.97. The van der Waals surface area contributed by atoms with Gasteiger partial charge in [-0.2, -0.15) is 0 Å². The number of carbonyl (C=O) groups is 1. The van der Waals surface area contributed by atoms with E-state index in [1.165, 1.54) is 0 Å². The summed E-state index contributed by atoms with van der Waals surface area (Å²) in [6.07, 6.45) is 2.14. The van der Waals surface area contributed by atoms with Gasteiger partial charge >= 0.3 is 0 Å². The Morgan fingerprint density at radius 1 is 1.04 bits per heavy atom. The van der Waals surface area contributed by atoms with Crippen molar-refractivity contribution >= 4 is 11.6 Å². The van der Waals surface area contributed by atoms with Gasteiger partial charge < -0.3 is 15.0 Å². The topological polar surface area (TPSA) is 41.6 Å². The van der Waals surface area contributed by atoms with Gasteiger partial charge in [0, 0.05) is 31.9 Å². The first-order chi connectivity index (χ1) is 11.6. The fourth-order valence-electron chi connectivity index (χ4n) is 2.23. The van der Waals surface area contributed by atoms with E-state index in [9.17, 15) is 4.79 Å². The highest BCUT2D eigenvalue weighted by molar-refractivity contribution is 5.94. The fourth-order valence-corrected chi connectivity index (χ4v) is 2.23. The maximum atomic E-state index is 12.2. The van der Waals surface area contributed by atoms with E-state index in [0.717, 1.165) is 29.8 Å². The van der Waals surface area contributed by atoms with Crippen LogP contribution in [0, 0.1) is 0 Å². The van der Waals surface area contributed by atoms with E-state index in [0.29, 0.717) is 18.7 Å². The Morgan fingerprint density at radius 2 is 1.71 bits per heavy atom. The predicted octanol–water partition coefficient (Wildman–Crippen LogP) is 3.86. The van der Waals surface area contributed by atoms with Crippen LogP contribution in [0.5, 0.6) is 5.75 Å². The number of nitrogens with one attached hydrogen (secondary N) is 1. The van der Waals surface area contributed by atoms with Crippen LogP contribution in [0.25, 0.3) is 0 Å². The van der Waals surface area contributed by atoms with Gasteiger partial charge in [0.1, 0.15) is 5.75 Å². The van der Waals surface area contributed by atoms with Crippen molar-refractivity contribution in [2.24, 2.45) is 0 Å². The minimum absolute atomic E-state index is 0.0770. The molecule has 0 saturated heterocycles. The zero-order valence-corrected chi connectivity index (χ0v) is 14.7. The van der Waals surface area contributed by atoms with E-state index < -0.39 is 0 Å². The molecule has 2 aromatic rings. The van der Waals surface area contributed by atoms with Crippen LogP contribution < -0.4 is 15.0 Å². The summed E-state index contributed by atoms with van der Waals surface area (Å²) in [5.74, 6) is 0.728. The number of benzene rings is 2. The largest absolute Gasteiger partial charge is 0.494 e. The fraction of sp³-hybridized carbons (Fsp3) is 0.350. The second kappa shape index (κ2) is 8.96. The van der Waals surface area contributed by atoms with Crippen LogP contribution in [-0.2, 0) is 6.54 Å². The Kier molecular flexibility index (Phi) is 6.67. The lowest BCUT2D eigenvalue weighted by molar-refractivity contribution is 0.0951. The number of hydrogen-bond donors (Lipinski definition) is 1. The Morgan fingerprint density at radius 3 is 2.29 bits per heavy atom. The third kappa shape index (κ3) is 5.30. The number of amides is 1. The molecule has 1 amide bonds. The van der Waals surface area contributed by atoms with Crippen LogP contribution in [0.4, 0.5) is 5.69 Å². The molecule has 0 aliphatic carbocycles. The number of unbranched alkanes of at least 4 members (excludes halogenated alkanes) is 1. The Balaban J connectivity index is 1.85. The summed E-state index contributed by atoms with van der Waals surface area (Å²) in [6.45, 7) is 3.36. The highest BCUT2D eigenvalue weighted by Gasteiger charge is 2.06. The lowest BCUT2D eigenvalue weighted by atomic mass is 10.1. The number of anilines is 1. The first-order valence-electron chi connectivity index (χ1n) is 8.37. The molecule has 0 saturated carbocycles. The van der Waals surface area contributed by atoms with Gasteiger partial charge in [-0.05, 0) is 48.4 Å². The van der Waals surface area contributed by atoms with Gasteiger partial charge in [-0.3, -0.25) is 4.79 Å². The zero-order chi connectivity index (χ0) is 17.4. The molecule has 0 spiro atoms. The Bertz CT molecular complexity index is 634. The van der Waals surface area contributed by atoms with E-state index in [-0.39, 0.29) is 5.91 Å². The van der Waals surface area contributed by atoms with Crippen LogP contribution in [0.3, 0.4) is 0 Å². The molecule has 24 heavy (non-hydrogen) atoms. The molecule has 0 unspecified atom stereocenters. The van der Waals surface area contributed by atoms with Gasteiger partial charge in [-0.15, -0.1) is 0 Å². The van der Waals surface area contributed by atoms with E-state index in [2.05, 4.69) is 12.2 Å². The van der Waals surface area contributed by atoms with Crippen molar-refractivity contribution < 1.29 is 9.53 Å². The number of carbonyl (C=O) groups excluding carboxylic acids is 1. The highest BCUT2D eigenvalue weighted by atomic mass is 16.5. The lowest BCUT2D eigenvalue weighted by Gasteiger charge is -2.13. The predicted molar refractivity (Wildman–Crippen MR) is 98.8 cm³/mol. The van der Waals surface area contributed by atoms with Crippen molar-refractivity contribution in [1.82, 2.24) is 5.32 Å². The molecule has 4 nitrogen and oxygen atoms in total. The van der Waals surface area contributed by atoms with Crippen LogP contribution in [-0.4, -0.2) is 26.6 Å². The van der Waals surface area contributed by atoms with E-state index in [1.807, 2.05) is 55.4 Å². The Labute approximate surface area is 144 Å². The zero-order valence-electron chi connectivity index (χ0n) is 14.7. The Hall–Kier alpha value is -2.49. The quantitative estimate of drug-likeness (QED) is 0.749. The summed E-state index contributed by atoms with van der Waals surface area (Å²) in [5, 5.41) is 2.94. The molecule has 0 atom stereocenters. The van der Waals surface area contributed by atoms with Crippen LogP contribution in [0.2, 0.25) is 0 Å². The first kappa shape index (κ1) is 17.9. The minimum Gasteiger partial charge on any atom is -0.494 e. The molecule has 0 radical (unpaired) electrons. The number of hydrogen-bond acceptors (Lipinski definition) is 3. The van der Waals surface area contributed by atoms with E-state index in [4.69, 9.17) is 4.74 Å². The molecular formula is C20H26N2O2. The van der Waals surface area contributed by atoms with Crippen molar-refractivity contribution in [1.29, 1.82) is 0 Å². The summed E-state index contributed by atoms with van der Waals surface area (Å²) in [6, 6.07) is 15.4. The maximum Gasteiger partial charge on any atom is 0.251 e.